The molecule has 0 N–H and O–H groups in total. The van der Waals surface area contributed by atoms with Crippen molar-refractivity contribution in [1.82, 2.24) is 4.57 Å². The molecule has 0 aliphatic heterocycles. The fourth-order valence-corrected chi connectivity index (χ4v) is 1.76. The lowest BCUT2D eigenvalue weighted by atomic mass is 10.3. The number of aromatic nitrogens is 1. The van der Waals surface area contributed by atoms with E-state index in [0.29, 0.717) is 0 Å². The first-order chi connectivity index (χ1) is 6.27. The minimum absolute atomic E-state index is 0.741. The van der Waals surface area contributed by atoms with Crippen LogP contribution in [-0.4, -0.2) is 4.57 Å². The quantitative estimate of drug-likeness (QED) is 0.710. The largest absolute Gasteiger partial charge is 0.313 e. The zero-order chi connectivity index (χ0) is 9.26. The minimum atomic E-state index is 0.741. The maximum Gasteiger partial charge on any atom is 0.0709 e. The Morgan fingerprint density at radius 3 is 2.69 bits per heavy atom. The fraction of sp³-hybridized carbons (Fsp3) is 0. The van der Waals surface area contributed by atoms with E-state index in [1.165, 1.54) is 0 Å². The molecule has 0 fully saturated rings. The second kappa shape index (κ2) is 3.72. The molecule has 2 rings (SSSR count). The fourth-order valence-electron chi connectivity index (χ4n) is 1.12. The van der Waals surface area contributed by atoms with Crippen LogP contribution < -0.4 is 0 Å². The molecule has 2 aromatic rings. The van der Waals surface area contributed by atoms with Gasteiger partial charge in [-0.15, -0.1) is 0 Å². The molecular formula is C10H6ClIN. The Bertz CT molecular complexity index is 422. The van der Waals surface area contributed by atoms with E-state index in [1.807, 2.05) is 41.1 Å². The van der Waals surface area contributed by atoms with E-state index >= 15 is 0 Å². The summed E-state index contributed by atoms with van der Waals surface area (Å²) in [4.78, 5) is 0. The Kier molecular flexibility index (Phi) is 2.60. The highest BCUT2D eigenvalue weighted by molar-refractivity contribution is 14.1. The van der Waals surface area contributed by atoms with Crippen molar-refractivity contribution < 1.29 is 0 Å². The normalized spacial score (nSPS) is 10.3. The summed E-state index contributed by atoms with van der Waals surface area (Å²) < 4.78 is 3.04. The topological polar surface area (TPSA) is 4.93 Å². The first-order valence-corrected chi connectivity index (χ1v) is 5.23. The molecule has 3 heteroatoms. The molecule has 0 spiro atoms. The second-order valence-corrected chi connectivity index (χ2v) is 4.26. The van der Waals surface area contributed by atoms with Crippen LogP contribution >= 0.6 is 34.2 Å². The van der Waals surface area contributed by atoms with E-state index < -0.39 is 0 Å². The van der Waals surface area contributed by atoms with Crippen LogP contribution in [-0.2, 0) is 0 Å². The third-order valence-electron chi connectivity index (χ3n) is 1.71. The predicted octanol–water partition coefficient (Wildman–Crippen LogP) is 3.54. The Labute approximate surface area is 95.5 Å². The highest BCUT2D eigenvalue weighted by atomic mass is 127. The van der Waals surface area contributed by atoms with Crippen LogP contribution in [0.2, 0.25) is 5.02 Å². The third-order valence-corrected chi connectivity index (χ3v) is 2.62. The maximum atomic E-state index is 6.02. The zero-order valence-electron chi connectivity index (χ0n) is 6.67. The number of benzene rings is 1. The summed E-state index contributed by atoms with van der Waals surface area (Å²) in [7, 11) is 0. The lowest BCUT2D eigenvalue weighted by Gasteiger charge is -2.03. The van der Waals surface area contributed by atoms with Crippen molar-refractivity contribution in [3.05, 3.63) is 51.3 Å². The van der Waals surface area contributed by atoms with E-state index in [2.05, 4.69) is 28.8 Å². The van der Waals surface area contributed by atoms with Gasteiger partial charge in [0.15, 0.2) is 0 Å². The molecular weight excluding hydrogens is 296 g/mol. The van der Waals surface area contributed by atoms with Crippen LogP contribution in [0.5, 0.6) is 0 Å². The van der Waals surface area contributed by atoms with Gasteiger partial charge in [0, 0.05) is 9.77 Å². The zero-order valence-corrected chi connectivity index (χ0v) is 9.58. The van der Waals surface area contributed by atoms with Crippen molar-refractivity contribution >= 4 is 34.2 Å². The average molecular weight is 303 g/mol. The van der Waals surface area contributed by atoms with Crippen LogP contribution in [0.25, 0.3) is 5.69 Å². The first kappa shape index (κ1) is 9.09. The van der Waals surface area contributed by atoms with E-state index in [4.69, 9.17) is 11.6 Å². The van der Waals surface area contributed by atoms with Gasteiger partial charge in [-0.1, -0.05) is 23.7 Å². The molecule has 0 saturated carbocycles. The van der Waals surface area contributed by atoms with Crippen molar-refractivity contribution in [3.8, 4) is 5.69 Å². The van der Waals surface area contributed by atoms with Gasteiger partial charge in [-0.05, 0) is 40.8 Å². The predicted molar refractivity (Wildman–Crippen MR) is 62.3 cm³/mol. The van der Waals surface area contributed by atoms with Gasteiger partial charge in [0.1, 0.15) is 0 Å². The number of rotatable bonds is 1. The van der Waals surface area contributed by atoms with Crippen LogP contribution in [0.15, 0.2) is 36.5 Å². The molecule has 65 valence electrons. The van der Waals surface area contributed by atoms with Crippen LogP contribution in [0, 0.1) is 9.77 Å². The molecule has 0 bridgehead atoms. The molecule has 0 unspecified atom stereocenters. The molecule has 0 amide bonds. The molecule has 1 radical (unpaired) electrons. The molecule has 1 aromatic heterocycles. The smallest absolute Gasteiger partial charge is 0.0709 e. The van der Waals surface area contributed by atoms with Crippen LogP contribution in [0.4, 0.5) is 0 Å². The maximum absolute atomic E-state index is 6.02. The standard InChI is InChI=1S/C10H6ClIN/c11-9-3-1-2-4-10(9)13-6-5-8(12)7-13/h1-5,7H. The van der Waals surface area contributed by atoms with E-state index in [-0.39, 0.29) is 0 Å². The monoisotopic (exact) mass is 302 g/mol. The third kappa shape index (κ3) is 1.89. The van der Waals surface area contributed by atoms with Crippen molar-refractivity contribution in [1.29, 1.82) is 0 Å². The van der Waals surface area contributed by atoms with Gasteiger partial charge >= 0.3 is 0 Å². The van der Waals surface area contributed by atoms with Gasteiger partial charge in [-0.3, -0.25) is 0 Å². The molecule has 0 atom stereocenters. The summed E-state index contributed by atoms with van der Waals surface area (Å²) in [6, 6.07) is 9.64. The molecule has 1 aromatic carbocycles. The molecule has 1 nitrogen and oxygen atoms in total. The Hall–Kier alpha value is -0.480. The molecule has 13 heavy (non-hydrogen) atoms. The minimum Gasteiger partial charge on any atom is -0.313 e. The van der Waals surface area contributed by atoms with E-state index in [0.717, 1.165) is 14.3 Å². The van der Waals surface area contributed by atoms with Crippen LogP contribution in [0.1, 0.15) is 0 Å². The van der Waals surface area contributed by atoms with Gasteiger partial charge in [-0.25, -0.2) is 0 Å². The lowest BCUT2D eigenvalue weighted by molar-refractivity contribution is 1.07. The number of hydrogen-bond acceptors (Lipinski definition) is 0. The van der Waals surface area contributed by atoms with Crippen molar-refractivity contribution in [2.45, 2.75) is 0 Å². The summed E-state index contributed by atoms with van der Waals surface area (Å²) in [6.45, 7) is 0. The second-order valence-electron chi connectivity index (χ2n) is 2.61. The lowest BCUT2D eigenvalue weighted by Crippen LogP contribution is -1.90. The Morgan fingerprint density at radius 2 is 2.08 bits per heavy atom. The SMILES string of the molecule is Clc1ccccc1-n1[c]cc(I)c1. The van der Waals surface area contributed by atoms with E-state index in [1.54, 1.807) is 0 Å². The molecule has 0 aliphatic carbocycles. The van der Waals surface area contributed by atoms with E-state index in [9.17, 15) is 0 Å². The Balaban J connectivity index is 2.52. The summed E-state index contributed by atoms with van der Waals surface area (Å²) in [6.07, 6.45) is 5.08. The van der Waals surface area contributed by atoms with Gasteiger partial charge in [0.25, 0.3) is 0 Å². The summed E-state index contributed by atoms with van der Waals surface area (Å²) in [5, 5.41) is 0.741. The first-order valence-electron chi connectivity index (χ1n) is 3.78. The Morgan fingerprint density at radius 1 is 1.31 bits per heavy atom. The highest BCUT2D eigenvalue weighted by Gasteiger charge is 2.01. The van der Waals surface area contributed by atoms with Crippen molar-refractivity contribution in [2.75, 3.05) is 0 Å². The van der Waals surface area contributed by atoms with Gasteiger partial charge in [0.05, 0.1) is 16.9 Å². The molecule has 0 aliphatic rings. The molecule has 1 heterocycles. The van der Waals surface area contributed by atoms with Crippen molar-refractivity contribution in [3.63, 3.8) is 0 Å². The molecule has 0 saturated heterocycles. The van der Waals surface area contributed by atoms with Gasteiger partial charge in [0.2, 0.25) is 0 Å². The number of hydrogen-bond donors (Lipinski definition) is 0. The summed E-state index contributed by atoms with van der Waals surface area (Å²) >= 11 is 8.27. The summed E-state index contributed by atoms with van der Waals surface area (Å²) in [5.41, 5.74) is 0.965. The summed E-state index contributed by atoms with van der Waals surface area (Å²) in [5.74, 6) is 0. The van der Waals surface area contributed by atoms with Gasteiger partial charge < -0.3 is 4.57 Å². The number of halogens is 2. The van der Waals surface area contributed by atoms with Gasteiger partial charge in [-0.2, -0.15) is 0 Å². The number of para-hydroxylation sites is 1. The number of nitrogens with zero attached hydrogens (tertiary/aromatic N) is 1. The van der Waals surface area contributed by atoms with Crippen LogP contribution in [0.3, 0.4) is 0 Å². The highest BCUT2D eigenvalue weighted by Crippen LogP contribution is 2.20. The average Bonchev–Trinajstić information content (AvgIpc) is 2.53. The van der Waals surface area contributed by atoms with Crippen molar-refractivity contribution in [2.24, 2.45) is 0 Å².